The van der Waals surface area contributed by atoms with Gasteiger partial charge in [-0.25, -0.2) is 4.79 Å². The van der Waals surface area contributed by atoms with Crippen LogP contribution in [0.5, 0.6) is 0 Å². The molecule has 2 amide bonds. The molecule has 0 unspecified atom stereocenters. The third-order valence-electron chi connectivity index (χ3n) is 3.67. The molecule has 0 aromatic heterocycles. The lowest BCUT2D eigenvalue weighted by atomic mass is 10.2. The first-order valence-electron chi connectivity index (χ1n) is 7.18. The minimum absolute atomic E-state index is 0.105. The smallest absolute Gasteiger partial charge is 0.410 e. The van der Waals surface area contributed by atoms with E-state index in [0.717, 1.165) is 0 Å². The molecule has 1 saturated carbocycles. The highest BCUT2D eigenvalue weighted by molar-refractivity contribution is 5.89. The van der Waals surface area contributed by atoms with Crippen LogP contribution >= 0.6 is 0 Å². The monoisotopic (exact) mass is 298 g/mol. The molecule has 2 aliphatic rings. The lowest BCUT2D eigenvalue weighted by Crippen LogP contribution is -2.52. The Balaban J connectivity index is 1.80. The van der Waals surface area contributed by atoms with Gasteiger partial charge in [-0.1, -0.05) is 0 Å². The number of piperazine rings is 1. The molecule has 2 rings (SSSR count). The van der Waals surface area contributed by atoms with Gasteiger partial charge in [0.25, 0.3) is 0 Å². The van der Waals surface area contributed by atoms with Crippen molar-refractivity contribution in [2.45, 2.75) is 32.8 Å². The van der Waals surface area contributed by atoms with E-state index < -0.39 is 17.5 Å². The van der Waals surface area contributed by atoms with Gasteiger partial charge in [0, 0.05) is 26.2 Å². The number of hydrogen-bond donors (Lipinski definition) is 1. The number of amides is 2. The topological polar surface area (TPSA) is 87.2 Å². The van der Waals surface area contributed by atoms with Gasteiger partial charge in [0.2, 0.25) is 5.91 Å². The van der Waals surface area contributed by atoms with E-state index in [1.165, 1.54) is 0 Å². The van der Waals surface area contributed by atoms with Gasteiger partial charge >= 0.3 is 12.1 Å². The van der Waals surface area contributed by atoms with Crippen molar-refractivity contribution in [2.75, 3.05) is 26.2 Å². The third kappa shape index (κ3) is 3.86. The Bertz CT molecular complexity index is 449. The minimum Gasteiger partial charge on any atom is -0.481 e. The summed E-state index contributed by atoms with van der Waals surface area (Å²) in [6.07, 6.45) is 0.0601. The van der Waals surface area contributed by atoms with Crippen molar-refractivity contribution in [3.8, 4) is 0 Å². The summed E-state index contributed by atoms with van der Waals surface area (Å²) in [5, 5.41) is 8.85. The van der Waals surface area contributed by atoms with Crippen LogP contribution in [0.3, 0.4) is 0 Å². The molecule has 0 spiro atoms. The highest BCUT2D eigenvalue weighted by Gasteiger charge is 2.50. The predicted molar refractivity (Wildman–Crippen MR) is 73.6 cm³/mol. The molecule has 2 fully saturated rings. The molecule has 1 heterocycles. The zero-order chi connectivity index (χ0) is 15.8. The van der Waals surface area contributed by atoms with E-state index in [1.807, 2.05) is 20.8 Å². The maximum atomic E-state index is 12.1. The number of carboxylic acids is 1. The van der Waals surface area contributed by atoms with E-state index in [0.29, 0.717) is 32.6 Å². The molecule has 1 N–H and O–H groups in total. The Morgan fingerprint density at radius 3 is 1.95 bits per heavy atom. The molecule has 0 aromatic rings. The first-order valence-corrected chi connectivity index (χ1v) is 7.18. The van der Waals surface area contributed by atoms with E-state index in [4.69, 9.17) is 9.84 Å². The fraction of sp³-hybridized carbons (Fsp3) is 0.786. The number of aliphatic carboxylic acids is 1. The third-order valence-corrected chi connectivity index (χ3v) is 3.67. The maximum Gasteiger partial charge on any atom is 0.410 e. The van der Waals surface area contributed by atoms with Crippen molar-refractivity contribution in [1.29, 1.82) is 0 Å². The molecule has 1 aliphatic heterocycles. The fourth-order valence-electron chi connectivity index (χ4n) is 2.41. The summed E-state index contributed by atoms with van der Waals surface area (Å²) in [5.41, 5.74) is -0.535. The van der Waals surface area contributed by atoms with Crippen LogP contribution in [-0.4, -0.2) is 64.7 Å². The second kappa shape index (κ2) is 5.54. The lowest BCUT2D eigenvalue weighted by Gasteiger charge is -2.35. The first kappa shape index (κ1) is 15.6. The molecular formula is C14H22N2O5. The highest BCUT2D eigenvalue weighted by Crippen LogP contribution is 2.40. The van der Waals surface area contributed by atoms with Crippen LogP contribution in [-0.2, 0) is 14.3 Å². The van der Waals surface area contributed by atoms with E-state index in [-0.39, 0.29) is 17.9 Å². The Kier molecular flexibility index (Phi) is 4.11. The van der Waals surface area contributed by atoms with Crippen LogP contribution < -0.4 is 0 Å². The Hall–Kier alpha value is -1.79. The number of carboxylic acid groups (broad SMARTS) is 1. The molecule has 1 aliphatic carbocycles. The van der Waals surface area contributed by atoms with Crippen molar-refractivity contribution < 1.29 is 24.2 Å². The van der Waals surface area contributed by atoms with Crippen molar-refractivity contribution in [3.05, 3.63) is 0 Å². The fourth-order valence-corrected chi connectivity index (χ4v) is 2.41. The average molecular weight is 298 g/mol. The molecule has 118 valence electrons. The van der Waals surface area contributed by atoms with Crippen LogP contribution in [0.4, 0.5) is 4.79 Å². The first-order chi connectivity index (χ1) is 9.69. The van der Waals surface area contributed by atoms with Crippen LogP contribution in [0, 0.1) is 11.8 Å². The van der Waals surface area contributed by atoms with Crippen molar-refractivity contribution in [2.24, 2.45) is 11.8 Å². The van der Waals surface area contributed by atoms with Crippen LogP contribution in [0.2, 0.25) is 0 Å². The summed E-state index contributed by atoms with van der Waals surface area (Å²) in [5.74, 6) is -1.91. The van der Waals surface area contributed by atoms with Gasteiger partial charge in [0.1, 0.15) is 5.60 Å². The predicted octanol–water partition coefficient (Wildman–Crippen LogP) is 0.786. The number of ether oxygens (including phenoxy) is 1. The number of hydrogen-bond acceptors (Lipinski definition) is 4. The molecular weight excluding hydrogens is 276 g/mol. The van der Waals surface area contributed by atoms with E-state index in [9.17, 15) is 14.4 Å². The molecule has 7 heteroatoms. The van der Waals surface area contributed by atoms with Gasteiger partial charge in [0.05, 0.1) is 11.8 Å². The summed E-state index contributed by atoms with van der Waals surface area (Å²) in [6.45, 7) is 7.13. The standard InChI is InChI=1S/C14H22N2O5/c1-14(2,3)21-13(20)16-6-4-15(5-7-16)11(17)9-8-10(9)12(18)19/h9-10H,4-8H2,1-3H3,(H,18,19)/t9-,10+/m0/s1. The number of rotatable bonds is 2. The average Bonchev–Trinajstić information content (AvgIpc) is 3.16. The summed E-state index contributed by atoms with van der Waals surface area (Å²) in [7, 11) is 0. The molecule has 0 bridgehead atoms. The molecule has 0 radical (unpaired) electrons. The van der Waals surface area contributed by atoms with Gasteiger partial charge in [-0.2, -0.15) is 0 Å². The largest absolute Gasteiger partial charge is 0.481 e. The van der Waals surface area contributed by atoms with Crippen LogP contribution in [0.25, 0.3) is 0 Å². The Morgan fingerprint density at radius 1 is 1.00 bits per heavy atom. The van der Waals surface area contributed by atoms with Gasteiger partial charge in [-0.15, -0.1) is 0 Å². The van der Waals surface area contributed by atoms with Gasteiger partial charge < -0.3 is 19.6 Å². The second-order valence-corrected chi connectivity index (χ2v) is 6.58. The molecule has 21 heavy (non-hydrogen) atoms. The van der Waals surface area contributed by atoms with E-state index in [2.05, 4.69) is 0 Å². The highest BCUT2D eigenvalue weighted by atomic mass is 16.6. The summed E-state index contributed by atoms with van der Waals surface area (Å²) in [6, 6.07) is 0. The summed E-state index contributed by atoms with van der Waals surface area (Å²) in [4.78, 5) is 38.0. The quantitative estimate of drug-likeness (QED) is 0.814. The van der Waals surface area contributed by atoms with Gasteiger partial charge in [-0.05, 0) is 27.2 Å². The van der Waals surface area contributed by atoms with Crippen LogP contribution in [0.1, 0.15) is 27.2 Å². The SMILES string of the molecule is CC(C)(C)OC(=O)N1CCN(C(=O)[C@H]2C[C@H]2C(=O)O)CC1. The van der Waals surface area contributed by atoms with Crippen molar-refractivity contribution in [1.82, 2.24) is 9.80 Å². The zero-order valence-corrected chi connectivity index (χ0v) is 12.7. The normalized spacial score (nSPS) is 25.5. The Labute approximate surface area is 123 Å². The van der Waals surface area contributed by atoms with E-state index >= 15 is 0 Å². The van der Waals surface area contributed by atoms with Gasteiger partial charge in [0.15, 0.2) is 0 Å². The van der Waals surface area contributed by atoms with Crippen molar-refractivity contribution in [3.63, 3.8) is 0 Å². The maximum absolute atomic E-state index is 12.1. The molecule has 7 nitrogen and oxygen atoms in total. The number of nitrogens with zero attached hydrogens (tertiary/aromatic N) is 2. The zero-order valence-electron chi connectivity index (χ0n) is 12.7. The van der Waals surface area contributed by atoms with Crippen LogP contribution in [0.15, 0.2) is 0 Å². The lowest BCUT2D eigenvalue weighted by molar-refractivity contribution is -0.142. The minimum atomic E-state index is -0.902. The Morgan fingerprint density at radius 2 is 1.52 bits per heavy atom. The van der Waals surface area contributed by atoms with Crippen molar-refractivity contribution >= 4 is 18.0 Å². The molecule has 1 saturated heterocycles. The molecule has 2 atom stereocenters. The number of carbonyl (C=O) groups excluding carboxylic acids is 2. The number of carbonyl (C=O) groups is 3. The van der Waals surface area contributed by atoms with Gasteiger partial charge in [-0.3, -0.25) is 9.59 Å². The van der Waals surface area contributed by atoms with E-state index in [1.54, 1.807) is 9.80 Å². The summed E-state index contributed by atoms with van der Waals surface area (Å²) >= 11 is 0. The second-order valence-electron chi connectivity index (χ2n) is 6.58. The molecule has 0 aromatic carbocycles. The summed E-state index contributed by atoms with van der Waals surface area (Å²) < 4.78 is 5.29.